The summed E-state index contributed by atoms with van der Waals surface area (Å²) in [6.45, 7) is 6.05. The molecule has 0 amide bonds. The summed E-state index contributed by atoms with van der Waals surface area (Å²) in [5.41, 5.74) is 0.852. The minimum absolute atomic E-state index is 0.176. The molecule has 0 aliphatic rings. The second-order valence-corrected chi connectivity index (χ2v) is 7.30. The van der Waals surface area contributed by atoms with Crippen LogP contribution in [-0.2, 0) is 6.42 Å². The van der Waals surface area contributed by atoms with Gasteiger partial charge in [-0.2, -0.15) is 4.37 Å². The van der Waals surface area contributed by atoms with E-state index in [1.807, 2.05) is 26.8 Å². The molecule has 96 valence electrons. The maximum absolute atomic E-state index is 12.1. The number of hydrogen-bond acceptors (Lipinski definition) is 6. The number of thiophene rings is 1. The molecule has 0 N–H and O–H groups in total. The Morgan fingerprint density at radius 3 is 2.78 bits per heavy atom. The number of thioether (sulfide) groups is 1. The van der Waals surface area contributed by atoms with Crippen LogP contribution in [0.25, 0.3) is 0 Å². The van der Waals surface area contributed by atoms with Crippen LogP contribution in [0.5, 0.6) is 0 Å². The van der Waals surface area contributed by atoms with Crippen LogP contribution in [0.1, 0.15) is 32.9 Å². The second kappa shape index (κ2) is 5.95. The highest BCUT2D eigenvalue weighted by Crippen LogP contribution is 2.25. The van der Waals surface area contributed by atoms with Crippen LogP contribution in [0, 0.1) is 13.8 Å². The van der Waals surface area contributed by atoms with Crippen molar-refractivity contribution in [3.63, 3.8) is 0 Å². The third-order valence-electron chi connectivity index (χ3n) is 2.43. The number of carbonyl (C=O) groups is 1. The quantitative estimate of drug-likeness (QED) is 0.623. The van der Waals surface area contributed by atoms with Crippen LogP contribution in [0.3, 0.4) is 0 Å². The van der Waals surface area contributed by atoms with E-state index in [0.717, 1.165) is 27.0 Å². The molecular weight excluding hydrogens is 284 g/mol. The van der Waals surface area contributed by atoms with Crippen molar-refractivity contribution in [2.75, 3.05) is 5.75 Å². The Balaban J connectivity index is 1.98. The lowest BCUT2D eigenvalue weighted by atomic mass is 10.2. The molecule has 0 aliphatic heterocycles. The number of aromatic nitrogens is 2. The van der Waals surface area contributed by atoms with Crippen molar-refractivity contribution >= 4 is 40.4 Å². The minimum atomic E-state index is 0.176. The van der Waals surface area contributed by atoms with E-state index in [9.17, 15) is 4.79 Å². The third kappa shape index (κ3) is 3.18. The number of ketones is 1. The van der Waals surface area contributed by atoms with Gasteiger partial charge in [0.1, 0.15) is 5.82 Å². The molecule has 0 aromatic carbocycles. The van der Waals surface area contributed by atoms with Gasteiger partial charge in [0.05, 0.1) is 5.75 Å². The fourth-order valence-corrected chi connectivity index (χ4v) is 4.07. The molecule has 2 heterocycles. The molecule has 0 aliphatic carbocycles. The molecule has 2 aromatic heterocycles. The molecular formula is C12H14N2OS3. The summed E-state index contributed by atoms with van der Waals surface area (Å²) in [6.07, 6.45) is 0.841. The monoisotopic (exact) mass is 298 g/mol. The first-order valence-corrected chi connectivity index (χ1v) is 8.23. The Morgan fingerprint density at radius 2 is 2.22 bits per heavy atom. The number of hydrogen-bond donors (Lipinski definition) is 0. The normalized spacial score (nSPS) is 10.8. The lowest BCUT2D eigenvalue weighted by molar-refractivity contribution is 0.102. The number of nitrogens with zero attached hydrogens (tertiary/aromatic N) is 2. The van der Waals surface area contributed by atoms with Crippen molar-refractivity contribution in [1.29, 1.82) is 0 Å². The van der Waals surface area contributed by atoms with Gasteiger partial charge < -0.3 is 0 Å². The lowest BCUT2D eigenvalue weighted by Gasteiger charge is -1.97. The van der Waals surface area contributed by atoms with Gasteiger partial charge in [-0.15, -0.1) is 11.3 Å². The maximum Gasteiger partial charge on any atom is 0.174 e. The van der Waals surface area contributed by atoms with Crippen molar-refractivity contribution in [2.45, 2.75) is 31.5 Å². The van der Waals surface area contributed by atoms with E-state index >= 15 is 0 Å². The molecule has 3 nitrogen and oxygen atoms in total. The average molecular weight is 298 g/mol. The van der Waals surface area contributed by atoms with Gasteiger partial charge in [-0.25, -0.2) is 4.98 Å². The van der Waals surface area contributed by atoms with Gasteiger partial charge in [-0.1, -0.05) is 18.7 Å². The average Bonchev–Trinajstić information content (AvgIpc) is 2.92. The number of Topliss-reactive ketones (excluding diaryl/α,β-unsaturated/α-hetero) is 1. The van der Waals surface area contributed by atoms with E-state index in [-0.39, 0.29) is 5.78 Å². The van der Waals surface area contributed by atoms with Crippen molar-refractivity contribution in [2.24, 2.45) is 0 Å². The summed E-state index contributed by atoms with van der Waals surface area (Å²) >= 11 is 4.52. The molecule has 6 heteroatoms. The molecule has 2 aromatic rings. The highest BCUT2D eigenvalue weighted by atomic mass is 32.2. The SMILES string of the molecule is CCc1nsc(SCC(=O)c2cc(C)sc2C)n1. The number of carbonyl (C=O) groups excluding carboxylic acids is 1. The summed E-state index contributed by atoms with van der Waals surface area (Å²) in [5, 5.41) is 0. The first kappa shape index (κ1) is 13.7. The zero-order valence-corrected chi connectivity index (χ0v) is 13.0. The second-order valence-electron chi connectivity index (χ2n) is 3.87. The van der Waals surface area contributed by atoms with E-state index < -0.39 is 0 Å². The van der Waals surface area contributed by atoms with Gasteiger partial charge in [0.25, 0.3) is 0 Å². The fraction of sp³-hybridized carbons (Fsp3) is 0.417. The van der Waals surface area contributed by atoms with Gasteiger partial charge in [-0.05, 0) is 31.4 Å². The Kier molecular flexibility index (Phi) is 4.53. The van der Waals surface area contributed by atoms with Gasteiger partial charge in [0, 0.05) is 21.7 Å². The summed E-state index contributed by atoms with van der Waals surface area (Å²) in [4.78, 5) is 18.7. The molecule has 0 bridgehead atoms. The van der Waals surface area contributed by atoms with Gasteiger partial charge in [0.2, 0.25) is 0 Å². The summed E-state index contributed by atoms with van der Waals surface area (Å²) in [6, 6.07) is 1.97. The zero-order chi connectivity index (χ0) is 13.1. The molecule has 0 atom stereocenters. The first-order chi connectivity index (χ1) is 8.60. The highest BCUT2D eigenvalue weighted by Gasteiger charge is 2.13. The lowest BCUT2D eigenvalue weighted by Crippen LogP contribution is -2.02. The van der Waals surface area contributed by atoms with Crippen LogP contribution < -0.4 is 0 Å². The van der Waals surface area contributed by atoms with E-state index in [2.05, 4.69) is 9.36 Å². The first-order valence-electron chi connectivity index (χ1n) is 5.65. The molecule has 0 unspecified atom stereocenters. The summed E-state index contributed by atoms with van der Waals surface area (Å²) < 4.78 is 5.09. The Hall–Kier alpha value is -0.720. The maximum atomic E-state index is 12.1. The van der Waals surface area contributed by atoms with Crippen LogP contribution in [0.4, 0.5) is 0 Å². The molecule has 2 rings (SSSR count). The molecule has 0 fully saturated rings. The Morgan fingerprint density at radius 1 is 1.44 bits per heavy atom. The van der Waals surface area contributed by atoms with Crippen molar-refractivity contribution in [3.8, 4) is 0 Å². The summed E-state index contributed by atoms with van der Waals surface area (Å²) in [5.74, 6) is 1.47. The van der Waals surface area contributed by atoms with Gasteiger partial charge >= 0.3 is 0 Å². The van der Waals surface area contributed by atoms with Crippen molar-refractivity contribution < 1.29 is 4.79 Å². The van der Waals surface area contributed by atoms with E-state index in [1.165, 1.54) is 28.2 Å². The minimum Gasteiger partial charge on any atom is -0.293 e. The molecule has 0 radical (unpaired) electrons. The van der Waals surface area contributed by atoms with Gasteiger partial charge in [0.15, 0.2) is 10.1 Å². The van der Waals surface area contributed by atoms with Crippen molar-refractivity contribution in [1.82, 2.24) is 9.36 Å². The van der Waals surface area contributed by atoms with Crippen molar-refractivity contribution in [3.05, 3.63) is 27.2 Å². The van der Waals surface area contributed by atoms with Crippen LogP contribution >= 0.6 is 34.6 Å². The number of aryl methyl sites for hydroxylation is 3. The topological polar surface area (TPSA) is 42.9 Å². The molecule has 0 saturated heterocycles. The van der Waals surface area contributed by atoms with Crippen LogP contribution in [-0.4, -0.2) is 20.9 Å². The standard InChI is InChI=1S/C12H14N2OS3/c1-4-11-13-12(18-14-11)16-6-10(15)9-5-7(2)17-8(9)3/h5H,4,6H2,1-3H3. The predicted octanol–water partition coefficient (Wildman–Crippen LogP) is 3.75. The van der Waals surface area contributed by atoms with E-state index in [4.69, 9.17) is 0 Å². The zero-order valence-electron chi connectivity index (χ0n) is 10.5. The third-order valence-corrected chi connectivity index (χ3v) is 5.27. The Labute approximate surface area is 119 Å². The predicted molar refractivity (Wildman–Crippen MR) is 78.1 cm³/mol. The molecule has 18 heavy (non-hydrogen) atoms. The fourth-order valence-electron chi connectivity index (χ4n) is 1.55. The largest absolute Gasteiger partial charge is 0.293 e. The van der Waals surface area contributed by atoms with E-state index in [0.29, 0.717) is 5.75 Å². The summed E-state index contributed by atoms with van der Waals surface area (Å²) in [7, 11) is 0. The smallest absolute Gasteiger partial charge is 0.174 e. The molecule has 0 spiro atoms. The van der Waals surface area contributed by atoms with E-state index in [1.54, 1.807) is 11.3 Å². The van der Waals surface area contributed by atoms with Gasteiger partial charge in [-0.3, -0.25) is 4.79 Å². The van der Waals surface area contributed by atoms with Crippen LogP contribution in [0.2, 0.25) is 0 Å². The van der Waals surface area contributed by atoms with Crippen LogP contribution in [0.15, 0.2) is 10.4 Å². The highest BCUT2D eigenvalue weighted by molar-refractivity contribution is 8.01. The number of rotatable bonds is 5. The molecule has 0 saturated carbocycles. The Bertz CT molecular complexity index is 559.